The number of hydrogen-bond donors (Lipinski definition) is 1. The first-order chi connectivity index (χ1) is 8.15. The predicted octanol–water partition coefficient (Wildman–Crippen LogP) is 1.74. The molecule has 0 aliphatic heterocycles. The number of aromatic nitrogens is 2. The van der Waals surface area contributed by atoms with Crippen molar-refractivity contribution in [2.45, 2.75) is 6.42 Å². The fourth-order valence-corrected chi connectivity index (χ4v) is 1.51. The quantitative estimate of drug-likeness (QED) is 0.877. The molecule has 0 atom stereocenters. The van der Waals surface area contributed by atoms with Crippen molar-refractivity contribution < 1.29 is 9.18 Å². The van der Waals surface area contributed by atoms with Gasteiger partial charge < -0.3 is 5.32 Å². The number of rotatable bonds is 3. The van der Waals surface area contributed by atoms with Crippen LogP contribution in [0.25, 0.3) is 0 Å². The summed E-state index contributed by atoms with van der Waals surface area (Å²) in [6, 6.07) is 6.23. The second-order valence-electron chi connectivity index (χ2n) is 3.72. The number of carbonyl (C=O) groups is 1. The Morgan fingerprint density at radius 2 is 2.24 bits per heavy atom. The monoisotopic (exact) mass is 233 g/mol. The van der Waals surface area contributed by atoms with E-state index in [-0.39, 0.29) is 18.1 Å². The number of benzene rings is 1. The van der Waals surface area contributed by atoms with Crippen molar-refractivity contribution in [3.05, 3.63) is 48.0 Å². The van der Waals surface area contributed by atoms with E-state index in [2.05, 4.69) is 10.4 Å². The molecule has 4 nitrogen and oxygen atoms in total. The van der Waals surface area contributed by atoms with Crippen LogP contribution in [0, 0.1) is 5.82 Å². The minimum atomic E-state index is -0.367. The van der Waals surface area contributed by atoms with E-state index < -0.39 is 0 Å². The van der Waals surface area contributed by atoms with E-state index in [0.717, 1.165) is 0 Å². The van der Waals surface area contributed by atoms with Gasteiger partial charge in [0.1, 0.15) is 5.82 Å². The second kappa shape index (κ2) is 4.78. The molecule has 0 fully saturated rings. The Balaban J connectivity index is 2.01. The Hall–Kier alpha value is -2.17. The molecule has 2 rings (SSSR count). The number of hydrogen-bond acceptors (Lipinski definition) is 2. The molecule has 0 radical (unpaired) electrons. The van der Waals surface area contributed by atoms with Gasteiger partial charge >= 0.3 is 0 Å². The average Bonchev–Trinajstić information content (AvgIpc) is 2.67. The molecule has 1 amide bonds. The maximum Gasteiger partial charge on any atom is 0.228 e. The summed E-state index contributed by atoms with van der Waals surface area (Å²) < 4.78 is 14.9. The molecule has 0 aliphatic rings. The molecule has 0 aliphatic carbocycles. The summed E-state index contributed by atoms with van der Waals surface area (Å²) in [5.74, 6) is -0.628. The van der Waals surface area contributed by atoms with Crippen molar-refractivity contribution in [3.63, 3.8) is 0 Å². The van der Waals surface area contributed by atoms with Crippen LogP contribution in [0.3, 0.4) is 0 Å². The first kappa shape index (κ1) is 11.3. The molecule has 0 saturated heterocycles. The van der Waals surface area contributed by atoms with Gasteiger partial charge in [0.15, 0.2) is 0 Å². The first-order valence-electron chi connectivity index (χ1n) is 5.17. The number of anilines is 1. The molecule has 2 aromatic rings. The lowest BCUT2D eigenvalue weighted by Gasteiger charge is -2.03. The molecular weight excluding hydrogens is 221 g/mol. The summed E-state index contributed by atoms with van der Waals surface area (Å²) in [5, 5.41) is 6.57. The summed E-state index contributed by atoms with van der Waals surface area (Å²) in [7, 11) is 1.76. The third-order valence-electron chi connectivity index (χ3n) is 2.30. The van der Waals surface area contributed by atoms with Crippen molar-refractivity contribution in [1.29, 1.82) is 0 Å². The minimum absolute atomic E-state index is 0.0154. The number of aryl methyl sites for hydroxylation is 1. The van der Waals surface area contributed by atoms with Crippen molar-refractivity contribution in [2.75, 3.05) is 5.32 Å². The van der Waals surface area contributed by atoms with Crippen molar-refractivity contribution >= 4 is 11.6 Å². The Morgan fingerprint density at radius 1 is 1.47 bits per heavy atom. The van der Waals surface area contributed by atoms with E-state index in [1.165, 1.54) is 6.07 Å². The van der Waals surface area contributed by atoms with Crippen LogP contribution in [0.4, 0.5) is 10.1 Å². The number of nitrogens with one attached hydrogen (secondary N) is 1. The van der Waals surface area contributed by atoms with Crippen LogP contribution in [-0.4, -0.2) is 15.7 Å². The predicted molar refractivity (Wildman–Crippen MR) is 61.9 cm³/mol. The van der Waals surface area contributed by atoms with Gasteiger partial charge in [-0.1, -0.05) is 18.2 Å². The van der Waals surface area contributed by atoms with E-state index in [4.69, 9.17) is 0 Å². The molecule has 88 valence electrons. The van der Waals surface area contributed by atoms with Gasteiger partial charge in [-0.3, -0.25) is 9.48 Å². The minimum Gasteiger partial charge on any atom is -0.323 e. The average molecular weight is 233 g/mol. The van der Waals surface area contributed by atoms with Crippen molar-refractivity contribution in [2.24, 2.45) is 7.05 Å². The van der Waals surface area contributed by atoms with Gasteiger partial charge in [0.05, 0.1) is 18.3 Å². The molecule has 17 heavy (non-hydrogen) atoms. The summed E-state index contributed by atoms with van der Waals surface area (Å²) in [5.41, 5.74) is 0.989. The zero-order valence-corrected chi connectivity index (χ0v) is 9.35. The molecule has 0 saturated carbocycles. The standard InChI is InChI=1S/C12H12FN3O/c1-16-8-10(7-14-16)15-12(17)6-9-4-2-3-5-11(9)13/h2-5,7-8H,6H2,1H3,(H,15,17). The Labute approximate surface area is 98.1 Å². The molecule has 0 unspecified atom stereocenters. The second-order valence-corrected chi connectivity index (χ2v) is 3.72. The van der Waals surface area contributed by atoms with Gasteiger partial charge in [-0.2, -0.15) is 5.10 Å². The molecule has 5 heteroatoms. The fraction of sp³-hybridized carbons (Fsp3) is 0.167. The molecule has 1 aromatic heterocycles. The van der Waals surface area contributed by atoms with Gasteiger partial charge in [-0.25, -0.2) is 4.39 Å². The normalized spacial score (nSPS) is 10.2. The highest BCUT2D eigenvalue weighted by Gasteiger charge is 2.08. The molecule has 1 heterocycles. The highest BCUT2D eigenvalue weighted by Crippen LogP contribution is 2.09. The van der Waals surface area contributed by atoms with Gasteiger partial charge in [0.2, 0.25) is 5.91 Å². The number of nitrogens with zero attached hydrogens (tertiary/aromatic N) is 2. The summed E-state index contributed by atoms with van der Waals surface area (Å²) in [6.45, 7) is 0. The first-order valence-corrected chi connectivity index (χ1v) is 5.17. The smallest absolute Gasteiger partial charge is 0.228 e. The van der Waals surface area contributed by atoms with Gasteiger partial charge in [-0.05, 0) is 11.6 Å². The van der Waals surface area contributed by atoms with Gasteiger partial charge in [-0.15, -0.1) is 0 Å². The van der Waals surface area contributed by atoms with Gasteiger partial charge in [0.25, 0.3) is 0 Å². The van der Waals surface area contributed by atoms with Crippen LogP contribution in [0.15, 0.2) is 36.7 Å². The van der Waals surface area contributed by atoms with Crippen LogP contribution >= 0.6 is 0 Å². The fourth-order valence-electron chi connectivity index (χ4n) is 1.51. The lowest BCUT2D eigenvalue weighted by Crippen LogP contribution is -2.14. The topological polar surface area (TPSA) is 46.9 Å². The van der Waals surface area contributed by atoms with E-state index >= 15 is 0 Å². The zero-order valence-electron chi connectivity index (χ0n) is 9.35. The third kappa shape index (κ3) is 2.90. The van der Waals surface area contributed by atoms with E-state index in [1.54, 1.807) is 42.3 Å². The van der Waals surface area contributed by atoms with E-state index in [1.807, 2.05) is 0 Å². The zero-order chi connectivity index (χ0) is 12.3. The highest BCUT2D eigenvalue weighted by molar-refractivity contribution is 5.91. The van der Waals surface area contributed by atoms with Crippen LogP contribution in [0.1, 0.15) is 5.56 Å². The summed E-state index contributed by atoms with van der Waals surface area (Å²) in [6.07, 6.45) is 3.24. The van der Waals surface area contributed by atoms with Crippen LogP contribution < -0.4 is 5.32 Å². The number of carbonyl (C=O) groups excluding carboxylic acids is 1. The van der Waals surface area contributed by atoms with E-state index in [9.17, 15) is 9.18 Å². The summed E-state index contributed by atoms with van der Waals surface area (Å²) in [4.78, 5) is 11.6. The summed E-state index contributed by atoms with van der Waals surface area (Å²) >= 11 is 0. The Morgan fingerprint density at radius 3 is 2.88 bits per heavy atom. The van der Waals surface area contributed by atoms with Gasteiger partial charge in [0, 0.05) is 13.2 Å². The molecule has 0 bridgehead atoms. The highest BCUT2D eigenvalue weighted by atomic mass is 19.1. The maximum absolute atomic E-state index is 13.3. The molecule has 0 spiro atoms. The number of halogens is 1. The molecule has 1 aromatic carbocycles. The van der Waals surface area contributed by atoms with Crippen LogP contribution in [0.2, 0.25) is 0 Å². The van der Waals surface area contributed by atoms with Crippen LogP contribution in [-0.2, 0) is 18.3 Å². The Kier molecular flexibility index (Phi) is 3.18. The number of amides is 1. The SMILES string of the molecule is Cn1cc(NC(=O)Cc2ccccc2F)cn1. The largest absolute Gasteiger partial charge is 0.323 e. The maximum atomic E-state index is 13.3. The van der Waals surface area contributed by atoms with E-state index in [0.29, 0.717) is 11.3 Å². The molecular formula is C12H12FN3O. The van der Waals surface area contributed by atoms with Crippen molar-refractivity contribution in [3.8, 4) is 0 Å². The van der Waals surface area contributed by atoms with Crippen molar-refractivity contribution in [1.82, 2.24) is 9.78 Å². The molecule has 1 N–H and O–H groups in total. The lowest BCUT2D eigenvalue weighted by atomic mass is 10.1. The lowest BCUT2D eigenvalue weighted by molar-refractivity contribution is -0.115. The third-order valence-corrected chi connectivity index (χ3v) is 2.30. The Bertz CT molecular complexity index is 536. The van der Waals surface area contributed by atoms with Crippen LogP contribution in [0.5, 0.6) is 0 Å².